The van der Waals surface area contributed by atoms with Crippen LogP contribution in [0.15, 0.2) is 0 Å². The summed E-state index contributed by atoms with van der Waals surface area (Å²) in [4.78, 5) is 10.6. The van der Waals surface area contributed by atoms with Gasteiger partial charge >= 0.3 is 5.97 Å². The van der Waals surface area contributed by atoms with Crippen LogP contribution in [0.5, 0.6) is 0 Å². The second kappa shape index (κ2) is 2.99. The van der Waals surface area contributed by atoms with Crippen LogP contribution in [-0.2, 0) is 4.79 Å². The number of carboxylic acid groups (broad SMARTS) is 1. The molecule has 0 aromatic carbocycles. The second-order valence-electron chi connectivity index (χ2n) is 3.23. The number of fused-ring (bicyclic) bond motifs is 2. The normalized spacial score (nSPS) is 40.2. The van der Waals surface area contributed by atoms with Crippen molar-refractivity contribution in [2.75, 3.05) is 0 Å². The molecule has 0 unspecified atom stereocenters. The topological polar surface area (TPSA) is 49.3 Å². The van der Waals surface area contributed by atoms with Crippen LogP contribution >= 0.6 is 12.4 Å². The Morgan fingerprint density at radius 1 is 1.45 bits per heavy atom. The van der Waals surface area contributed by atoms with Crippen LogP contribution < -0.4 is 5.32 Å². The number of aliphatic carboxylic acids is 1. The van der Waals surface area contributed by atoms with E-state index in [1.165, 1.54) is 6.42 Å². The van der Waals surface area contributed by atoms with Crippen LogP contribution in [-0.4, -0.2) is 23.2 Å². The Morgan fingerprint density at radius 3 is 2.45 bits per heavy atom. The first-order valence-electron chi connectivity index (χ1n) is 3.76. The van der Waals surface area contributed by atoms with E-state index in [2.05, 4.69) is 5.32 Å². The van der Waals surface area contributed by atoms with Gasteiger partial charge in [0.05, 0.1) is 5.92 Å². The highest BCUT2D eigenvalue weighted by molar-refractivity contribution is 5.85. The molecule has 2 fully saturated rings. The molecule has 0 aromatic heterocycles. The predicted octanol–water partition coefficient (Wildman–Crippen LogP) is 0.633. The average Bonchev–Trinajstić information content (AvgIpc) is 2.44. The highest BCUT2D eigenvalue weighted by atomic mass is 35.5. The Bertz CT molecular complexity index is 174. The smallest absolute Gasteiger partial charge is 0.308 e. The third-order valence-corrected chi connectivity index (χ3v) is 2.62. The molecule has 2 aliphatic rings. The standard InChI is InChI=1S/C7H11NO2.ClH/c9-7(10)5-3-4-1-2-6(5)8-4;/h4-6,8H,1-3H2,(H,9,10);1H/t4-,5-,6+;/m0./s1. The molecule has 3 nitrogen and oxygen atoms in total. The number of nitrogens with one attached hydrogen (secondary N) is 1. The van der Waals surface area contributed by atoms with E-state index < -0.39 is 5.97 Å². The fourth-order valence-corrected chi connectivity index (χ4v) is 2.10. The molecule has 0 saturated carbocycles. The fourth-order valence-electron chi connectivity index (χ4n) is 2.10. The number of carbonyl (C=O) groups is 1. The first-order chi connectivity index (χ1) is 4.77. The third-order valence-electron chi connectivity index (χ3n) is 2.62. The van der Waals surface area contributed by atoms with Crippen molar-refractivity contribution in [3.8, 4) is 0 Å². The lowest BCUT2D eigenvalue weighted by Crippen LogP contribution is -2.28. The summed E-state index contributed by atoms with van der Waals surface area (Å²) >= 11 is 0. The van der Waals surface area contributed by atoms with Crippen LogP contribution in [0, 0.1) is 5.92 Å². The van der Waals surface area contributed by atoms with Gasteiger partial charge < -0.3 is 10.4 Å². The van der Waals surface area contributed by atoms with E-state index in [-0.39, 0.29) is 24.4 Å². The minimum Gasteiger partial charge on any atom is -0.481 e. The van der Waals surface area contributed by atoms with E-state index in [9.17, 15) is 4.79 Å². The Labute approximate surface area is 71.6 Å². The van der Waals surface area contributed by atoms with Gasteiger partial charge in [0, 0.05) is 12.1 Å². The summed E-state index contributed by atoms with van der Waals surface area (Å²) in [5.41, 5.74) is 0. The summed E-state index contributed by atoms with van der Waals surface area (Å²) in [5, 5.41) is 12.0. The second-order valence-corrected chi connectivity index (χ2v) is 3.23. The lowest BCUT2D eigenvalue weighted by Gasteiger charge is -2.14. The molecular formula is C7H12ClNO2. The van der Waals surface area contributed by atoms with Gasteiger partial charge in [0.15, 0.2) is 0 Å². The number of rotatable bonds is 1. The van der Waals surface area contributed by atoms with Gasteiger partial charge in [-0.1, -0.05) is 0 Å². The average molecular weight is 178 g/mol. The van der Waals surface area contributed by atoms with E-state index in [1.54, 1.807) is 0 Å². The lowest BCUT2D eigenvalue weighted by molar-refractivity contribution is -0.142. The van der Waals surface area contributed by atoms with E-state index in [0.717, 1.165) is 12.8 Å². The summed E-state index contributed by atoms with van der Waals surface area (Å²) < 4.78 is 0. The molecular weight excluding hydrogens is 166 g/mol. The van der Waals surface area contributed by atoms with Gasteiger partial charge in [-0.05, 0) is 19.3 Å². The van der Waals surface area contributed by atoms with Crippen molar-refractivity contribution in [3.05, 3.63) is 0 Å². The molecule has 2 heterocycles. The molecule has 2 saturated heterocycles. The van der Waals surface area contributed by atoms with Crippen molar-refractivity contribution in [1.82, 2.24) is 5.32 Å². The van der Waals surface area contributed by atoms with Gasteiger partial charge in [0.2, 0.25) is 0 Å². The Morgan fingerprint density at radius 2 is 2.18 bits per heavy atom. The number of hydrogen-bond donors (Lipinski definition) is 2. The fraction of sp³-hybridized carbons (Fsp3) is 0.857. The summed E-state index contributed by atoms with van der Waals surface area (Å²) in [6.07, 6.45) is 3.08. The van der Waals surface area contributed by atoms with Gasteiger partial charge in [-0.3, -0.25) is 4.79 Å². The molecule has 11 heavy (non-hydrogen) atoms. The van der Waals surface area contributed by atoms with E-state index in [0.29, 0.717) is 6.04 Å². The minimum atomic E-state index is -0.625. The third kappa shape index (κ3) is 1.35. The van der Waals surface area contributed by atoms with Crippen LogP contribution in [0.2, 0.25) is 0 Å². The van der Waals surface area contributed by atoms with Gasteiger partial charge in [0.1, 0.15) is 0 Å². The van der Waals surface area contributed by atoms with Crippen LogP contribution in [0.25, 0.3) is 0 Å². The van der Waals surface area contributed by atoms with E-state index in [4.69, 9.17) is 5.11 Å². The quantitative estimate of drug-likeness (QED) is 0.618. The molecule has 0 aromatic rings. The lowest BCUT2D eigenvalue weighted by atomic mass is 9.89. The highest BCUT2D eigenvalue weighted by Gasteiger charge is 2.42. The molecule has 2 aliphatic heterocycles. The summed E-state index contributed by atoms with van der Waals surface area (Å²) in [5.74, 6) is -0.724. The maximum atomic E-state index is 10.6. The zero-order valence-corrected chi connectivity index (χ0v) is 6.93. The van der Waals surface area contributed by atoms with Crippen molar-refractivity contribution >= 4 is 18.4 Å². The Hall–Kier alpha value is -0.280. The van der Waals surface area contributed by atoms with Gasteiger partial charge in [-0.25, -0.2) is 0 Å². The predicted molar refractivity (Wildman–Crippen MR) is 42.9 cm³/mol. The highest BCUT2D eigenvalue weighted by Crippen LogP contribution is 2.32. The van der Waals surface area contributed by atoms with Crippen LogP contribution in [0.1, 0.15) is 19.3 Å². The molecule has 64 valence electrons. The monoisotopic (exact) mass is 177 g/mol. The Balaban J connectivity index is 0.000000605. The molecule has 0 aliphatic carbocycles. The molecule has 0 radical (unpaired) electrons. The first kappa shape index (κ1) is 8.81. The van der Waals surface area contributed by atoms with Crippen molar-refractivity contribution in [2.45, 2.75) is 31.3 Å². The van der Waals surface area contributed by atoms with E-state index in [1.807, 2.05) is 0 Å². The van der Waals surface area contributed by atoms with Crippen molar-refractivity contribution in [3.63, 3.8) is 0 Å². The summed E-state index contributed by atoms with van der Waals surface area (Å²) in [6, 6.07) is 0.786. The number of hydrogen-bond acceptors (Lipinski definition) is 2. The molecule has 4 heteroatoms. The molecule has 0 spiro atoms. The van der Waals surface area contributed by atoms with Gasteiger partial charge in [0.25, 0.3) is 0 Å². The van der Waals surface area contributed by atoms with Crippen molar-refractivity contribution in [2.24, 2.45) is 5.92 Å². The maximum absolute atomic E-state index is 10.6. The molecule has 0 amide bonds. The molecule has 2 bridgehead atoms. The largest absolute Gasteiger partial charge is 0.481 e. The first-order valence-corrected chi connectivity index (χ1v) is 3.76. The van der Waals surface area contributed by atoms with E-state index >= 15 is 0 Å². The maximum Gasteiger partial charge on any atom is 0.308 e. The number of halogens is 1. The molecule has 3 atom stereocenters. The molecule has 2 rings (SSSR count). The van der Waals surface area contributed by atoms with Gasteiger partial charge in [-0.2, -0.15) is 0 Å². The van der Waals surface area contributed by atoms with Crippen LogP contribution in [0.3, 0.4) is 0 Å². The van der Waals surface area contributed by atoms with Crippen molar-refractivity contribution in [1.29, 1.82) is 0 Å². The van der Waals surface area contributed by atoms with Crippen molar-refractivity contribution < 1.29 is 9.90 Å². The minimum absolute atomic E-state index is 0. The molecule has 2 N–H and O–H groups in total. The van der Waals surface area contributed by atoms with Gasteiger partial charge in [-0.15, -0.1) is 12.4 Å². The zero-order valence-electron chi connectivity index (χ0n) is 6.12. The summed E-state index contributed by atoms with van der Waals surface area (Å²) in [6.45, 7) is 0. The number of carboxylic acids is 1. The zero-order chi connectivity index (χ0) is 7.14. The SMILES string of the molecule is Cl.O=C(O)[C@H]1C[C@@H]2CC[C@H]1N2. The summed E-state index contributed by atoms with van der Waals surface area (Å²) in [7, 11) is 0. The van der Waals surface area contributed by atoms with Crippen LogP contribution in [0.4, 0.5) is 0 Å². The Kier molecular flexibility index (Phi) is 2.40.